The monoisotopic (exact) mass is 280 g/mol. The van der Waals surface area contributed by atoms with Crippen LogP contribution >= 0.6 is 0 Å². The molecule has 0 atom stereocenters. The smallest absolute Gasteiger partial charge is 0.324 e. The first-order valence-electron chi connectivity index (χ1n) is 7.20. The van der Waals surface area contributed by atoms with E-state index in [0.29, 0.717) is 12.8 Å². The van der Waals surface area contributed by atoms with Crippen LogP contribution in [0.5, 0.6) is 0 Å². The van der Waals surface area contributed by atoms with E-state index in [1.54, 1.807) is 13.8 Å². The molecule has 0 aliphatic heterocycles. The number of esters is 2. The summed E-state index contributed by atoms with van der Waals surface area (Å²) in [5.41, 5.74) is 0.778. The van der Waals surface area contributed by atoms with Gasteiger partial charge in [-0.05, 0) is 40.0 Å². The first-order valence-corrected chi connectivity index (χ1v) is 7.20. The minimum Gasteiger partial charge on any atom is -0.465 e. The maximum Gasteiger partial charge on any atom is 0.324 e. The van der Waals surface area contributed by atoms with E-state index in [-0.39, 0.29) is 13.2 Å². The van der Waals surface area contributed by atoms with Crippen molar-refractivity contribution in [2.24, 2.45) is 5.41 Å². The molecule has 0 saturated carbocycles. The normalized spacial score (nSPS) is 19.4. The maximum absolute atomic E-state index is 12.4. The highest BCUT2D eigenvalue weighted by molar-refractivity contribution is 6.01. The Kier molecular flexibility index (Phi) is 5.99. The molecule has 20 heavy (non-hydrogen) atoms. The van der Waals surface area contributed by atoms with E-state index < -0.39 is 17.4 Å². The summed E-state index contributed by atoms with van der Waals surface area (Å²) in [4.78, 5) is 24.7. The van der Waals surface area contributed by atoms with Crippen LogP contribution in [0.25, 0.3) is 0 Å². The van der Waals surface area contributed by atoms with Crippen molar-refractivity contribution < 1.29 is 19.1 Å². The molecule has 112 valence electrons. The second-order valence-electron chi connectivity index (χ2n) is 5.05. The van der Waals surface area contributed by atoms with Crippen LogP contribution in [0.2, 0.25) is 0 Å². The number of ether oxygens (including phenoxy) is 2. The van der Waals surface area contributed by atoms with Gasteiger partial charge in [-0.1, -0.05) is 30.2 Å². The zero-order valence-corrected chi connectivity index (χ0v) is 12.8. The first-order chi connectivity index (χ1) is 9.50. The molecule has 1 aliphatic rings. The summed E-state index contributed by atoms with van der Waals surface area (Å²) >= 11 is 0. The second-order valence-corrected chi connectivity index (χ2v) is 5.05. The van der Waals surface area contributed by atoms with E-state index >= 15 is 0 Å². The van der Waals surface area contributed by atoms with Gasteiger partial charge < -0.3 is 9.47 Å². The van der Waals surface area contributed by atoms with Crippen LogP contribution in [0.4, 0.5) is 0 Å². The molecule has 0 heterocycles. The highest BCUT2D eigenvalue weighted by Crippen LogP contribution is 2.41. The fourth-order valence-electron chi connectivity index (χ4n) is 2.61. The molecular weight excluding hydrogens is 256 g/mol. The Morgan fingerprint density at radius 2 is 1.70 bits per heavy atom. The number of allylic oxidation sites excluding steroid dienone is 4. The maximum atomic E-state index is 12.4. The lowest BCUT2D eigenvalue weighted by atomic mass is 9.72. The third-order valence-electron chi connectivity index (χ3n) is 3.32. The van der Waals surface area contributed by atoms with Crippen molar-refractivity contribution in [1.29, 1.82) is 0 Å². The van der Waals surface area contributed by atoms with Gasteiger partial charge in [-0.15, -0.1) is 0 Å². The molecule has 0 saturated heterocycles. The van der Waals surface area contributed by atoms with Crippen LogP contribution in [-0.2, 0) is 19.1 Å². The van der Waals surface area contributed by atoms with Gasteiger partial charge in [0.05, 0.1) is 13.2 Å². The molecule has 4 heteroatoms. The van der Waals surface area contributed by atoms with E-state index in [0.717, 1.165) is 17.6 Å². The van der Waals surface area contributed by atoms with Crippen molar-refractivity contribution in [1.82, 2.24) is 0 Å². The molecule has 4 nitrogen and oxygen atoms in total. The Labute approximate surface area is 120 Å². The third kappa shape index (κ3) is 3.50. The molecular formula is C16H24O4. The summed E-state index contributed by atoms with van der Waals surface area (Å²) in [6, 6.07) is 0. The van der Waals surface area contributed by atoms with Gasteiger partial charge in [0, 0.05) is 0 Å². The van der Waals surface area contributed by atoms with E-state index in [4.69, 9.17) is 9.47 Å². The highest BCUT2D eigenvalue weighted by atomic mass is 16.6. The van der Waals surface area contributed by atoms with Gasteiger partial charge in [0.15, 0.2) is 5.41 Å². The lowest BCUT2D eigenvalue weighted by molar-refractivity contribution is -0.172. The molecule has 0 aromatic carbocycles. The van der Waals surface area contributed by atoms with Crippen molar-refractivity contribution in [2.45, 2.75) is 47.0 Å². The zero-order valence-electron chi connectivity index (χ0n) is 12.8. The third-order valence-corrected chi connectivity index (χ3v) is 3.32. The summed E-state index contributed by atoms with van der Waals surface area (Å²) < 4.78 is 10.3. The molecule has 0 aromatic heterocycles. The van der Waals surface area contributed by atoms with Gasteiger partial charge in [0.1, 0.15) is 0 Å². The lowest BCUT2D eigenvalue weighted by Gasteiger charge is -2.33. The van der Waals surface area contributed by atoms with Crippen molar-refractivity contribution in [3.8, 4) is 0 Å². The molecule has 1 aliphatic carbocycles. The summed E-state index contributed by atoms with van der Waals surface area (Å²) in [5.74, 6) is -0.958. The fourth-order valence-corrected chi connectivity index (χ4v) is 2.61. The Morgan fingerprint density at radius 1 is 1.15 bits per heavy atom. The van der Waals surface area contributed by atoms with Crippen LogP contribution < -0.4 is 0 Å². The molecule has 0 radical (unpaired) electrons. The van der Waals surface area contributed by atoms with E-state index in [9.17, 15) is 9.59 Å². The van der Waals surface area contributed by atoms with Gasteiger partial charge in [-0.3, -0.25) is 9.59 Å². The average Bonchev–Trinajstić information content (AvgIpc) is 2.38. The fraction of sp³-hybridized carbons (Fsp3) is 0.625. The van der Waals surface area contributed by atoms with Crippen LogP contribution in [0.1, 0.15) is 47.0 Å². The van der Waals surface area contributed by atoms with Gasteiger partial charge >= 0.3 is 11.9 Å². The predicted octanol–water partition coefficient (Wildman–Crippen LogP) is 3.18. The van der Waals surface area contributed by atoms with Crippen LogP contribution in [0, 0.1) is 5.41 Å². The van der Waals surface area contributed by atoms with Crippen LogP contribution in [0.15, 0.2) is 23.3 Å². The zero-order chi connectivity index (χ0) is 15.2. The van der Waals surface area contributed by atoms with Gasteiger partial charge in [0.25, 0.3) is 0 Å². The molecule has 1 rings (SSSR count). The average molecular weight is 280 g/mol. The van der Waals surface area contributed by atoms with Crippen molar-refractivity contribution in [2.75, 3.05) is 13.2 Å². The van der Waals surface area contributed by atoms with Crippen LogP contribution in [-0.4, -0.2) is 25.2 Å². The standard InChI is InChI=1S/C16H24O4/c1-5-8-13-9-12(4)10-16(11-13,14(17)19-6-2)15(18)20-7-3/h8-9H,5-7,10-11H2,1-4H3/b13-8+. The SMILES string of the molecule is CC/C=C1\C=C(C)CC(C(=O)OCC)(C(=O)OCC)C1. The Balaban J connectivity index is 3.18. The van der Waals surface area contributed by atoms with Crippen molar-refractivity contribution >= 4 is 11.9 Å². The molecule has 0 fully saturated rings. The molecule has 0 aromatic rings. The summed E-state index contributed by atoms with van der Waals surface area (Å²) in [6.45, 7) is 7.96. The largest absolute Gasteiger partial charge is 0.465 e. The molecule has 0 amide bonds. The van der Waals surface area contributed by atoms with Gasteiger partial charge in [0.2, 0.25) is 0 Å². The Hall–Kier alpha value is -1.58. The van der Waals surface area contributed by atoms with Crippen molar-refractivity contribution in [3.63, 3.8) is 0 Å². The Morgan fingerprint density at radius 3 is 2.15 bits per heavy atom. The number of hydrogen-bond donors (Lipinski definition) is 0. The molecule has 0 spiro atoms. The number of carbonyl (C=O) groups is 2. The predicted molar refractivity (Wildman–Crippen MR) is 77.1 cm³/mol. The highest BCUT2D eigenvalue weighted by Gasteiger charge is 2.50. The summed E-state index contributed by atoms with van der Waals surface area (Å²) in [5, 5.41) is 0. The molecule has 0 unspecified atom stereocenters. The number of carbonyl (C=O) groups excluding carboxylic acids is 2. The topological polar surface area (TPSA) is 52.6 Å². The first kappa shape index (κ1) is 16.5. The second kappa shape index (κ2) is 7.27. The van der Waals surface area contributed by atoms with E-state index in [2.05, 4.69) is 0 Å². The quantitative estimate of drug-likeness (QED) is 0.573. The van der Waals surface area contributed by atoms with Gasteiger partial charge in [-0.2, -0.15) is 0 Å². The number of rotatable bonds is 5. The van der Waals surface area contributed by atoms with Gasteiger partial charge in [-0.25, -0.2) is 0 Å². The van der Waals surface area contributed by atoms with Crippen molar-refractivity contribution in [3.05, 3.63) is 23.3 Å². The van der Waals surface area contributed by atoms with E-state index in [1.165, 1.54) is 0 Å². The summed E-state index contributed by atoms with van der Waals surface area (Å²) in [6.07, 6.45) is 5.67. The lowest BCUT2D eigenvalue weighted by Crippen LogP contribution is -2.44. The molecule has 0 bridgehead atoms. The van der Waals surface area contributed by atoms with E-state index in [1.807, 2.05) is 26.0 Å². The van der Waals surface area contributed by atoms with Crippen LogP contribution in [0.3, 0.4) is 0 Å². The Bertz CT molecular complexity index is 414. The minimum absolute atomic E-state index is 0.259. The number of hydrogen-bond acceptors (Lipinski definition) is 4. The minimum atomic E-state index is -1.22. The summed E-state index contributed by atoms with van der Waals surface area (Å²) in [7, 11) is 0. The molecule has 0 N–H and O–H groups in total.